The third-order valence-electron chi connectivity index (χ3n) is 4.35. The summed E-state index contributed by atoms with van der Waals surface area (Å²) in [5, 5.41) is 5.95. The number of aryl methyl sites for hydroxylation is 1. The van der Waals surface area contributed by atoms with E-state index in [-0.39, 0.29) is 18.3 Å². The quantitative estimate of drug-likeness (QED) is 0.686. The summed E-state index contributed by atoms with van der Waals surface area (Å²) in [5.74, 6) is 1.12. The number of carbonyl (C=O) groups excluding carboxylic acids is 1. The fourth-order valence-electron chi connectivity index (χ4n) is 3.12. The molecule has 0 saturated carbocycles. The Morgan fingerprint density at radius 1 is 1.31 bits per heavy atom. The Kier molecular flexibility index (Phi) is 5.58. The van der Waals surface area contributed by atoms with Crippen molar-refractivity contribution in [3.8, 4) is 10.7 Å². The van der Waals surface area contributed by atoms with Crippen LogP contribution in [0.4, 0.5) is 11.4 Å². The van der Waals surface area contributed by atoms with Crippen LogP contribution in [0.3, 0.4) is 0 Å². The van der Waals surface area contributed by atoms with Crippen molar-refractivity contribution in [2.24, 2.45) is 0 Å². The normalized spacial score (nSPS) is 13.2. The average molecular weight is 391 g/mol. The predicted molar refractivity (Wildman–Crippen MR) is 105 cm³/mol. The molecule has 0 aliphatic carbocycles. The van der Waals surface area contributed by atoms with Crippen molar-refractivity contribution in [1.82, 2.24) is 10.1 Å². The van der Waals surface area contributed by atoms with Crippen LogP contribution in [0, 0.1) is 0 Å². The van der Waals surface area contributed by atoms with E-state index in [0.717, 1.165) is 41.2 Å². The molecular formula is C18H19ClN4O2S. The zero-order valence-electron chi connectivity index (χ0n) is 14.1. The Bertz CT molecular complexity index is 894. The van der Waals surface area contributed by atoms with Crippen molar-refractivity contribution in [3.63, 3.8) is 0 Å². The maximum Gasteiger partial charge on any atom is 0.227 e. The summed E-state index contributed by atoms with van der Waals surface area (Å²) in [6.45, 7) is 0.722. The Balaban J connectivity index is 0.00000196. The molecular weight excluding hydrogens is 372 g/mol. The number of benzene rings is 1. The van der Waals surface area contributed by atoms with Crippen LogP contribution in [-0.4, -0.2) is 22.6 Å². The minimum Gasteiger partial charge on any atom is -0.398 e. The molecule has 0 saturated heterocycles. The van der Waals surface area contributed by atoms with E-state index in [4.69, 9.17) is 10.3 Å². The molecule has 3 heterocycles. The molecule has 8 heteroatoms. The van der Waals surface area contributed by atoms with Crippen LogP contribution in [0.1, 0.15) is 24.3 Å². The van der Waals surface area contributed by atoms with Gasteiger partial charge in [-0.15, -0.1) is 23.7 Å². The summed E-state index contributed by atoms with van der Waals surface area (Å²) in [7, 11) is 0. The first-order chi connectivity index (χ1) is 12.2. The highest BCUT2D eigenvalue weighted by Crippen LogP contribution is 2.31. The van der Waals surface area contributed by atoms with Gasteiger partial charge in [0.05, 0.1) is 4.88 Å². The van der Waals surface area contributed by atoms with E-state index in [1.807, 2.05) is 40.6 Å². The van der Waals surface area contributed by atoms with Crippen LogP contribution in [0.2, 0.25) is 0 Å². The monoisotopic (exact) mass is 390 g/mol. The van der Waals surface area contributed by atoms with Crippen molar-refractivity contribution in [2.45, 2.75) is 25.7 Å². The number of amides is 1. The second kappa shape index (κ2) is 7.88. The van der Waals surface area contributed by atoms with Crippen LogP contribution in [0.25, 0.3) is 10.7 Å². The lowest BCUT2D eigenvalue weighted by atomic mass is 9.99. The molecule has 0 atom stereocenters. The van der Waals surface area contributed by atoms with Gasteiger partial charge in [0.1, 0.15) is 0 Å². The van der Waals surface area contributed by atoms with E-state index in [0.29, 0.717) is 24.6 Å². The zero-order valence-corrected chi connectivity index (χ0v) is 15.7. The smallest absolute Gasteiger partial charge is 0.227 e. The summed E-state index contributed by atoms with van der Waals surface area (Å²) >= 11 is 1.56. The third-order valence-corrected chi connectivity index (χ3v) is 5.22. The molecule has 1 aliphatic rings. The standard InChI is InChI=1S/C18H18N4O2S.ClH/c19-13-5-1-6-14-12(13)4-2-10-22(14)17(23)9-8-16-20-18(21-24-16)15-7-3-11-25-15;/h1,3,5-7,11H,2,4,8-10,19H2;1H. The first kappa shape index (κ1) is 18.4. The van der Waals surface area contributed by atoms with Crippen LogP contribution >= 0.6 is 23.7 Å². The molecule has 2 aromatic heterocycles. The topological polar surface area (TPSA) is 85.2 Å². The van der Waals surface area contributed by atoms with E-state index >= 15 is 0 Å². The minimum atomic E-state index is 0. The van der Waals surface area contributed by atoms with Crippen LogP contribution in [0.15, 0.2) is 40.2 Å². The van der Waals surface area contributed by atoms with Gasteiger partial charge in [-0.25, -0.2) is 0 Å². The summed E-state index contributed by atoms with van der Waals surface area (Å²) in [6, 6.07) is 9.63. The molecule has 0 radical (unpaired) electrons. The van der Waals surface area contributed by atoms with Crippen molar-refractivity contribution < 1.29 is 9.32 Å². The van der Waals surface area contributed by atoms with E-state index in [2.05, 4.69) is 10.1 Å². The van der Waals surface area contributed by atoms with Crippen LogP contribution in [-0.2, 0) is 17.6 Å². The lowest BCUT2D eigenvalue weighted by molar-refractivity contribution is -0.118. The van der Waals surface area contributed by atoms with Crippen molar-refractivity contribution in [2.75, 3.05) is 17.2 Å². The number of nitrogens with zero attached hydrogens (tertiary/aromatic N) is 3. The van der Waals surface area contributed by atoms with Crippen molar-refractivity contribution >= 4 is 41.0 Å². The van der Waals surface area contributed by atoms with Gasteiger partial charge in [-0.05, 0) is 42.0 Å². The molecule has 136 valence electrons. The molecule has 0 bridgehead atoms. The van der Waals surface area contributed by atoms with E-state index < -0.39 is 0 Å². The predicted octanol–water partition coefficient (Wildman–Crippen LogP) is 3.71. The maximum absolute atomic E-state index is 12.7. The molecule has 1 aromatic carbocycles. The minimum absolute atomic E-state index is 0. The molecule has 26 heavy (non-hydrogen) atoms. The highest BCUT2D eigenvalue weighted by Gasteiger charge is 2.24. The molecule has 2 N–H and O–H groups in total. The van der Waals surface area contributed by atoms with Gasteiger partial charge in [0, 0.05) is 30.8 Å². The van der Waals surface area contributed by atoms with E-state index in [1.165, 1.54) is 0 Å². The molecule has 1 aliphatic heterocycles. The highest BCUT2D eigenvalue weighted by atomic mass is 35.5. The summed E-state index contributed by atoms with van der Waals surface area (Å²) in [4.78, 5) is 19.8. The van der Waals surface area contributed by atoms with Gasteiger partial charge in [-0.3, -0.25) is 4.79 Å². The number of hydrogen-bond donors (Lipinski definition) is 1. The third kappa shape index (κ3) is 3.59. The number of nitrogen functional groups attached to an aromatic ring is 1. The number of anilines is 2. The Morgan fingerprint density at radius 3 is 3.00 bits per heavy atom. The molecule has 0 spiro atoms. The Morgan fingerprint density at radius 2 is 2.19 bits per heavy atom. The number of rotatable bonds is 4. The second-order valence-corrected chi connectivity index (χ2v) is 6.93. The lowest BCUT2D eigenvalue weighted by Gasteiger charge is -2.30. The Hall–Kier alpha value is -2.38. The molecule has 0 fully saturated rings. The summed E-state index contributed by atoms with van der Waals surface area (Å²) in [6.07, 6.45) is 2.61. The largest absolute Gasteiger partial charge is 0.398 e. The Labute approximate surface area is 161 Å². The van der Waals surface area contributed by atoms with Crippen molar-refractivity contribution in [3.05, 3.63) is 47.2 Å². The van der Waals surface area contributed by atoms with Gasteiger partial charge in [-0.1, -0.05) is 17.3 Å². The molecule has 1 amide bonds. The van der Waals surface area contributed by atoms with Gasteiger partial charge < -0.3 is 15.2 Å². The first-order valence-electron chi connectivity index (χ1n) is 8.26. The van der Waals surface area contributed by atoms with Crippen LogP contribution < -0.4 is 10.6 Å². The van der Waals surface area contributed by atoms with Gasteiger partial charge in [0.15, 0.2) is 0 Å². The van der Waals surface area contributed by atoms with Gasteiger partial charge >= 0.3 is 0 Å². The van der Waals surface area contributed by atoms with Gasteiger partial charge in [0.25, 0.3) is 0 Å². The molecule has 6 nitrogen and oxygen atoms in total. The summed E-state index contributed by atoms with van der Waals surface area (Å²) in [5.41, 5.74) is 8.81. The van der Waals surface area contributed by atoms with E-state index in [1.54, 1.807) is 11.3 Å². The number of halogens is 1. The zero-order chi connectivity index (χ0) is 17.2. The van der Waals surface area contributed by atoms with Crippen LogP contribution in [0.5, 0.6) is 0 Å². The lowest BCUT2D eigenvalue weighted by Crippen LogP contribution is -2.35. The van der Waals surface area contributed by atoms with Gasteiger partial charge in [-0.2, -0.15) is 4.98 Å². The average Bonchev–Trinajstić information content (AvgIpc) is 3.31. The number of thiophene rings is 1. The second-order valence-electron chi connectivity index (χ2n) is 5.98. The number of carbonyl (C=O) groups is 1. The van der Waals surface area contributed by atoms with E-state index in [9.17, 15) is 4.79 Å². The number of nitrogens with two attached hydrogens (primary N) is 1. The highest BCUT2D eigenvalue weighted by molar-refractivity contribution is 7.13. The molecule has 4 rings (SSSR count). The number of aromatic nitrogens is 2. The summed E-state index contributed by atoms with van der Waals surface area (Å²) < 4.78 is 5.27. The first-order valence-corrected chi connectivity index (χ1v) is 9.14. The fraction of sp³-hybridized carbons (Fsp3) is 0.278. The molecule has 3 aromatic rings. The maximum atomic E-state index is 12.7. The fourth-order valence-corrected chi connectivity index (χ4v) is 3.77. The number of hydrogen-bond acceptors (Lipinski definition) is 6. The molecule has 0 unspecified atom stereocenters. The van der Waals surface area contributed by atoms with Crippen molar-refractivity contribution in [1.29, 1.82) is 0 Å². The van der Waals surface area contributed by atoms with Gasteiger partial charge in [0.2, 0.25) is 17.6 Å². The number of fused-ring (bicyclic) bond motifs is 1. The SMILES string of the molecule is Cl.Nc1cccc2c1CCCN2C(=O)CCc1nc(-c2cccs2)no1.